The normalized spacial score (nSPS) is 11.7. The van der Waals surface area contributed by atoms with Crippen molar-refractivity contribution in [3.05, 3.63) is 182 Å². The van der Waals surface area contributed by atoms with Crippen molar-refractivity contribution in [3.63, 3.8) is 0 Å². The molecular formula is C49H30N4O. The molecule has 5 nitrogen and oxygen atoms in total. The van der Waals surface area contributed by atoms with E-state index in [0.29, 0.717) is 17.6 Å². The fraction of sp³-hybridized carbons (Fsp3) is 0. The SMILES string of the molecule is c1ccc(-c2cccc(-c3cccc4cccc(-c5nc(-c6ccc7c(c6)oc6ccccc67)nc(-n6c7ccccc7c7ccccc76)n5)c34)c2)cc1. The molecule has 0 aliphatic carbocycles. The van der Waals surface area contributed by atoms with Gasteiger partial charge in [-0.15, -0.1) is 0 Å². The Balaban J connectivity index is 1.18. The highest BCUT2D eigenvalue weighted by molar-refractivity contribution is 6.10. The van der Waals surface area contributed by atoms with Crippen molar-refractivity contribution >= 4 is 54.5 Å². The lowest BCUT2D eigenvalue weighted by molar-refractivity contribution is 0.669. The molecule has 0 aliphatic rings. The van der Waals surface area contributed by atoms with E-state index in [4.69, 9.17) is 19.4 Å². The van der Waals surface area contributed by atoms with Gasteiger partial charge in [-0.25, -0.2) is 4.98 Å². The van der Waals surface area contributed by atoms with Crippen LogP contribution < -0.4 is 0 Å². The first kappa shape index (κ1) is 30.3. The van der Waals surface area contributed by atoms with Crippen LogP contribution in [0.15, 0.2) is 186 Å². The van der Waals surface area contributed by atoms with E-state index in [0.717, 1.165) is 76.8 Å². The van der Waals surface area contributed by atoms with E-state index in [2.05, 4.69) is 162 Å². The van der Waals surface area contributed by atoms with E-state index < -0.39 is 0 Å². The number of rotatable bonds is 5. The summed E-state index contributed by atoms with van der Waals surface area (Å²) in [6.45, 7) is 0. The first-order chi connectivity index (χ1) is 26.8. The van der Waals surface area contributed by atoms with Gasteiger partial charge in [-0.1, -0.05) is 146 Å². The molecule has 3 heterocycles. The van der Waals surface area contributed by atoms with E-state index in [1.165, 1.54) is 11.1 Å². The van der Waals surface area contributed by atoms with E-state index in [9.17, 15) is 0 Å². The van der Waals surface area contributed by atoms with Crippen LogP contribution in [-0.2, 0) is 0 Å². The van der Waals surface area contributed by atoms with E-state index in [-0.39, 0.29) is 0 Å². The maximum Gasteiger partial charge on any atom is 0.238 e. The molecule has 0 N–H and O–H groups in total. The number of furan rings is 1. The second kappa shape index (κ2) is 12.1. The van der Waals surface area contributed by atoms with Crippen molar-refractivity contribution in [2.45, 2.75) is 0 Å². The minimum atomic E-state index is 0.553. The van der Waals surface area contributed by atoms with Crippen LogP contribution in [0.5, 0.6) is 0 Å². The van der Waals surface area contributed by atoms with Crippen molar-refractivity contribution in [3.8, 4) is 51.0 Å². The summed E-state index contributed by atoms with van der Waals surface area (Å²) in [5, 5.41) is 6.63. The third-order valence-electron chi connectivity index (χ3n) is 10.5. The Morgan fingerprint density at radius 1 is 0.370 bits per heavy atom. The Labute approximate surface area is 310 Å². The summed E-state index contributed by atoms with van der Waals surface area (Å²) in [6.07, 6.45) is 0. The Hall–Kier alpha value is -7.37. The third kappa shape index (κ3) is 4.83. The summed E-state index contributed by atoms with van der Waals surface area (Å²) < 4.78 is 8.50. The maximum atomic E-state index is 6.33. The lowest BCUT2D eigenvalue weighted by atomic mass is 9.92. The molecule has 0 fully saturated rings. The molecule has 11 aromatic rings. The van der Waals surface area contributed by atoms with Crippen molar-refractivity contribution < 1.29 is 4.42 Å². The predicted molar refractivity (Wildman–Crippen MR) is 221 cm³/mol. The first-order valence-corrected chi connectivity index (χ1v) is 18.1. The summed E-state index contributed by atoms with van der Waals surface area (Å²) in [5.74, 6) is 1.72. The first-order valence-electron chi connectivity index (χ1n) is 18.1. The average Bonchev–Trinajstić information content (AvgIpc) is 3.79. The van der Waals surface area contributed by atoms with E-state index in [1.807, 2.05) is 24.3 Å². The molecule has 252 valence electrons. The maximum absolute atomic E-state index is 6.33. The molecule has 0 saturated heterocycles. The van der Waals surface area contributed by atoms with Gasteiger partial charge in [-0.05, 0) is 64.0 Å². The van der Waals surface area contributed by atoms with Crippen LogP contribution in [0, 0.1) is 0 Å². The van der Waals surface area contributed by atoms with Crippen LogP contribution in [0.2, 0.25) is 0 Å². The topological polar surface area (TPSA) is 56.7 Å². The highest BCUT2D eigenvalue weighted by Gasteiger charge is 2.20. The van der Waals surface area contributed by atoms with Crippen LogP contribution in [0.25, 0.3) is 105 Å². The molecular weight excluding hydrogens is 661 g/mol. The monoisotopic (exact) mass is 690 g/mol. The summed E-state index contributed by atoms with van der Waals surface area (Å²) in [5.41, 5.74) is 10.1. The van der Waals surface area contributed by atoms with E-state index >= 15 is 0 Å². The second-order valence-electron chi connectivity index (χ2n) is 13.6. The Morgan fingerprint density at radius 3 is 1.78 bits per heavy atom. The van der Waals surface area contributed by atoms with Gasteiger partial charge in [-0.3, -0.25) is 4.57 Å². The number of nitrogens with zero attached hydrogens (tertiary/aromatic N) is 4. The van der Waals surface area contributed by atoms with Crippen LogP contribution in [0.3, 0.4) is 0 Å². The van der Waals surface area contributed by atoms with Crippen LogP contribution >= 0.6 is 0 Å². The third-order valence-corrected chi connectivity index (χ3v) is 10.5. The fourth-order valence-electron chi connectivity index (χ4n) is 7.98. The fourth-order valence-corrected chi connectivity index (χ4v) is 7.98. The number of para-hydroxylation sites is 3. The highest BCUT2D eigenvalue weighted by atomic mass is 16.3. The lowest BCUT2D eigenvalue weighted by Gasteiger charge is -2.15. The molecule has 0 atom stereocenters. The largest absolute Gasteiger partial charge is 0.456 e. The summed E-state index contributed by atoms with van der Waals surface area (Å²) in [6, 6.07) is 63.4. The number of aromatic nitrogens is 4. The minimum Gasteiger partial charge on any atom is -0.456 e. The molecule has 0 bridgehead atoms. The van der Waals surface area contributed by atoms with Crippen LogP contribution in [0.1, 0.15) is 0 Å². The van der Waals surface area contributed by atoms with E-state index in [1.54, 1.807) is 0 Å². The number of hydrogen-bond acceptors (Lipinski definition) is 4. The zero-order chi connectivity index (χ0) is 35.6. The predicted octanol–water partition coefficient (Wildman–Crippen LogP) is 12.7. The van der Waals surface area contributed by atoms with Gasteiger partial charge in [0, 0.05) is 38.1 Å². The molecule has 0 aliphatic heterocycles. The molecule has 0 spiro atoms. The quantitative estimate of drug-likeness (QED) is 0.180. The van der Waals surface area contributed by atoms with Gasteiger partial charge in [0.25, 0.3) is 0 Å². The standard InChI is InChI=1S/C49H30N4O/c1-2-13-31(14-3-1)33-17-10-18-34(29-33)36-22-11-15-32-16-12-23-41(46(32)36)48-50-47(35-27-28-40-39-21-6-9-26-44(39)54-45(40)30-35)51-49(52-48)53-42-24-7-4-19-37(42)38-20-5-8-25-43(38)53/h1-30H. The smallest absolute Gasteiger partial charge is 0.238 e. The molecule has 0 amide bonds. The molecule has 11 rings (SSSR count). The van der Waals surface area contributed by atoms with Gasteiger partial charge in [0.05, 0.1) is 11.0 Å². The van der Waals surface area contributed by atoms with Gasteiger partial charge in [-0.2, -0.15) is 9.97 Å². The highest BCUT2D eigenvalue weighted by Crippen LogP contribution is 2.39. The Morgan fingerprint density at radius 2 is 0.981 bits per heavy atom. The van der Waals surface area contributed by atoms with Gasteiger partial charge < -0.3 is 4.42 Å². The molecule has 3 aromatic heterocycles. The van der Waals surface area contributed by atoms with Gasteiger partial charge in [0.2, 0.25) is 5.95 Å². The van der Waals surface area contributed by atoms with Crippen molar-refractivity contribution in [2.75, 3.05) is 0 Å². The number of benzene rings is 8. The molecule has 0 unspecified atom stereocenters. The number of fused-ring (bicyclic) bond motifs is 7. The molecule has 5 heteroatoms. The second-order valence-corrected chi connectivity index (χ2v) is 13.6. The average molecular weight is 691 g/mol. The number of hydrogen-bond donors (Lipinski definition) is 0. The molecule has 54 heavy (non-hydrogen) atoms. The molecule has 8 aromatic carbocycles. The zero-order valence-corrected chi connectivity index (χ0v) is 29.0. The van der Waals surface area contributed by atoms with Crippen LogP contribution in [-0.4, -0.2) is 19.5 Å². The molecule has 0 radical (unpaired) electrons. The van der Waals surface area contributed by atoms with Gasteiger partial charge in [0.15, 0.2) is 11.6 Å². The van der Waals surface area contributed by atoms with Crippen molar-refractivity contribution in [1.29, 1.82) is 0 Å². The summed E-state index contributed by atoms with van der Waals surface area (Å²) >= 11 is 0. The van der Waals surface area contributed by atoms with Gasteiger partial charge in [0.1, 0.15) is 11.2 Å². The lowest BCUT2D eigenvalue weighted by Crippen LogP contribution is -2.06. The Bertz CT molecular complexity index is 3170. The Kier molecular flexibility index (Phi) is 6.79. The summed E-state index contributed by atoms with van der Waals surface area (Å²) in [4.78, 5) is 15.9. The zero-order valence-electron chi connectivity index (χ0n) is 29.0. The minimum absolute atomic E-state index is 0.553. The van der Waals surface area contributed by atoms with Crippen molar-refractivity contribution in [1.82, 2.24) is 19.5 Å². The summed E-state index contributed by atoms with van der Waals surface area (Å²) in [7, 11) is 0. The van der Waals surface area contributed by atoms with Crippen molar-refractivity contribution in [2.24, 2.45) is 0 Å². The molecule has 0 saturated carbocycles. The van der Waals surface area contributed by atoms with Crippen LogP contribution in [0.4, 0.5) is 0 Å². The van der Waals surface area contributed by atoms with Gasteiger partial charge >= 0.3 is 0 Å².